The highest BCUT2D eigenvalue weighted by molar-refractivity contribution is 5.85. The van der Waals surface area contributed by atoms with Crippen LogP contribution in [0.3, 0.4) is 0 Å². The van der Waals surface area contributed by atoms with Gasteiger partial charge in [-0.05, 0) is 13.3 Å². The molecule has 0 spiro atoms. The third-order valence-corrected chi connectivity index (χ3v) is 2.40. The summed E-state index contributed by atoms with van der Waals surface area (Å²) in [6, 6.07) is -0.796. The lowest BCUT2D eigenvalue weighted by Crippen LogP contribution is -2.53. The van der Waals surface area contributed by atoms with Gasteiger partial charge in [-0.2, -0.15) is 0 Å². The van der Waals surface area contributed by atoms with Gasteiger partial charge in [-0.3, -0.25) is 0 Å². The molecule has 0 heterocycles. The van der Waals surface area contributed by atoms with Crippen LogP contribution in [0.1, 0.15) is 46.0 Å². The van der Waals surface area contributed by atoms with Gasteiger partial charge in [-0.15, -0.1) is 0 Å². The Morgan fingerprint density at radius 3 is 2.33 bits per heavy atom. The van der Waals surface area contributed by atoms with Gasteiger partial charge in [0.1, 0.15) is 5.54 Å². The van der Waals surface area contributed by atoms with Crippen molar-refractivity contribution in [2.24, 2.45) is 5.73 Å². The number of unbranched alkanes of at least 4 members (excludes halogenated alkanes) is 3. The lowest BCUT2D eigenvalue weighted by atomic mass is 9.94. The minimum absolute atomic E-state index is 0.408. The molecule has 1 atom stereocenters. The molecule has 0 rings (SSSR count). The van der Waals surface area contributed by atoms with Crippen molar-refractivity contribution in [3.63, 3.8) is 0 Å². The predicted octanol–water partition coefficient (Wildman–Crippen LogP) is 1.47. The molecule has 0 radical (unpaired) electrons. The van der Waals surface area contributed by atoms with E-state index in [1.54, 1.807) is 0 Å². The van der Waals surface area contributed by atoms with E-state index in [1.165, 1.54) is 6.92 Å². The molecule has 5 nitrogen and oxygen atoms in total. The first-order valence-corrected chi connectivity index (χ1v) is 5.23. The first kappa shape index (κ1) is 13.7. The first-order chi connectivity index (χ1) is 6.92. The van der Waals surface area contributed by atoms with E-state index >= 15 is 0 Å². The Morgan fingerprint density at radius 1 is 1.33 bits per heavy atom. The molecule has 0 aliphatic carbocycles. The van der Waals surface area contributed by atoms with Gasteiger partial charge >= 0.3 is 12.0 Å². The number of carboxylic acids is 1. The second-order valence-corrected chi connectivity index (χ2v) is 3.94. The Labute approximate surface area is 90.0 Å². The fourth-order valence-corrected chi connectivity index (χ4v) is 1.40. The summed E-state index contributed by atoms with van der Waals surface area (Å²) < 4.78 is 0. The number of urea groups is 1. The van der Waals surface area contributed by atoms with Crippen LogP contribution in [-0.4, -0.2) is 22.6 Å². The number of nitrogens with one attached hydrogen (secondary N) is 1. The number of hydrogen-bond acceptors (Lipinski definition) is 2. The molecule has 0 aromatic heterocycles. The quantitative estimate of drug-likeness (QED) is 0.562. The summed E-state index contributed by atoms with van der Waals surface area (Å²) in [6.45, 7) is 3.56. The van der Waals surface area contributed by atoms with Gasteiger partial charge < -0.3 is 16.2 Å². The Hall–Kier alpha value is -1.26. The van der Waals surface area contributed by atoms with Crippen molar-refractivity contribution >= 4 is 12.0 Å². The van der Waals surface area contributed by atoms with E-state index < -0.39 is 17.5 Å². The van der Waals surface area contributed by atoms with Crippen molar-refractivity contribution in [2.45, 2.75) is 51.5 Å². The van der Waals surface area contributed by atoms with Crippen molar-refractivity contribution < 1.29 is 14.7 Å². The maximum absolute atomic E-state index is 11.0. The van der Waals surface area contributed by atoms with Crippen LogP contribution in [0.4, 0.5) is 4.79 Å². The molecule has 4 N–H and O–H groups in total. The number of nitrogens with two attached hydrogens (primary N) is 1. The number of rotatable bonds is 7. The molecule has 5 heteroatoms. The number of carbonyl (C=O) groups excluding carboxylic acids is 1. The fraction of sp³-hybridized carbons (Fsp3) is 0.800. The Morgan fingerprint density at radius 2 is 1.93 bits per heavy atom. The number of hydrogen-bond donors (Lipinski definition) is 3. The van der Waals surface area contributed by atoms with Crippen LogP contribution in [-0.2, 0) is 4.79 Å². The largest absolute Gasteiger partial charge is 0.480 e. The average Bonchev–Trinajstić information content (AvgIpc) is 2.11. The normalized spacial score (nSPS) is 14.3. The molecule has 0 bridgehead atoms. The maximum Gasteiger partial charge on any atom is 0.329 e. The van der Waals surface area contributed by atoms with Crippen LogP contribution in [0.2, 0.25) is 0 Å². The topological polar surface area (TPSA) is 92.4 Å². The van der Waals surface area contributed by atoms with Gasteiger partial charge in [0.2, 0.25) is 0 Å². The molecule has 0 saturated carbocycles. The van der Waals surface area contributed by atoms with Gasteiger partial charge in [-0.1, -0.05) is 32.6 Å². The lowest BCUT2D eigenvalue weighted by Gasteiger charge is -2.25. The molecule has 15 heavy (non-hydrogen) atoms. The third-order valence-electron chi connectivity index (χ3n) is 2.40. The van der Waals surface area contributed by atoms with Gasteiger partial charge in [0.25, 0.3) is 0 Å². The van der Waals surface area contributed by atoms with Crippen LogP contribution >= 0.6 is 0 Å². The fourth-order valence-electron chi connectivity index (χ4n) is 1.40. The molecule has 0 aliphatic heterocycles. The summed E-state index contributed by atoms with van der Waals surface area (Å²) in [5.74, 6) is -1.04. The highest BCUT2D eigenvalue weighted by atomic mass is 16.4. The van der Waals surface area contributed by atoms with Crippen LogP contribution in [0, 0.1) is 0 Å². The molecule has 2 amide bonds. The van der Waals surface area contributed by atoms with Crippen LogP contribution in [0.25, 0.3) is 0 Å². The number of amides is 2. The lowest BCUT2D eigenvalue weighted by molar-refractivity contribution is -0.144. The summed E-state index contributed by atoms with van der Waals surface area (Å²) in [6.07, 6.45) is 4.32. The van der Waals surface area contributed by atoms with Gasteiger partial charge in [0, 0.05) is 0 Å². The highest BCUT2D eigenvalue weighted by Gasteiger charge is 2.33. The van der Waals surface area contributed by atoms with E-state index in [9.17, 15) is 9.59 Å². The van der Waals surface area contributed by atoms with E-state index in [4.69, 9.17) is 10.8 Å². The molecule has 0 aliphatic rings. The van der Waals surface area contributed by atoms with Crippen LogP contribution in [0.5, 0.6) is 0 Å². The zero-order chi connectivity index (χ0) is 11.9. The molecule has 88 valence electrons. The third kappa shape index (κ3) is 5.24. The minimum atomic E-state index is -1.24. The first-order valence-electron chi connectivity index (χ1n) is 5.23. The number of primary amides is 1. The minimum Gasteiger partial charge on any atom is -0.480 e. The molecule has 1 unspecified atom stereocenters. The molecular formula is C10H20N2O3. The molecule has 0 aromatic carbocycles. The maximum atomic E-state index is 11.0. The number of carboxylic acid groups (broad SMARTS) is 1. The Balaban J connectivity index is 4.14. The number of aliphatic carboxylic acids is 1. The van der Waals surface area contributed by atoms with E-state index in [1.807, 2.05) is 0 Å². The zero-order valence-corrected chi connectivity index (χ0v) is 9.38. The molecule has 0 aromatic rings. The van der Waals surface area contributed by atoms with Crippen molar-refractivity contribution in [3.05, 3.63) is 0 Å². The standard InChI is InChI=1S/C10H20N2O3/c1-3-4-5-6-7-10(2,8(13)14)12-9(11)15/h3-7H2,1-2H3,(H,13,14)(H3,11,12,15). The highest BCUT2D eigenvalue weighted by Crippen LogP contribution is 2.15. The second-order valence-electron chi connectivity index (χ2n) is 3.94. The molecular weight excluding hydrogens is 196 g/mol. The second kappa shape index (κ2) is 6.27. The summed E-state index contributed by atoms with van der Waals surface area (Å²) in [5.41, 5.74) is 3.70. The van der Waals surface area contributed by atoms with E-state index in [0.29, 0.717) is 6.42 Å². The Kier molecular flexibility index (Phi) is 5.74. The van der Waals surface area contributed by atoms with Crippen LogP contribution < -0.4 is 11.1 Å². The van der Waals surface area contributed by atoms with Crippen molar-refractivity contribution in [1.82, 2.24) is 5.32 Å². The summed E-state index contributed by atoms with van der Waals surface area (Å²) >= 11 is 0. The number of carbonyl (C=O) groups is 2. The van der Waals surface area contributed by atoms with Crippen molar-refractivity contribution in [2.75, 3.05) is 0 Å². The Bertz CT molecular complexity index is 231. The smallest absolute Gasteiger partial charge is 0.329 e. The van der Waals surface area contributed by atoms with Gasteiger partial charge in [0.05, 0.1) is 0 Å². The predicted molar refractivity (Wildman–Crippen MR) is 57.5 cm³/mol. The van der Waals surface area contributed by atoms with E-state index in [2.05, 4.69) is 12.2 Å². The summed E-state index contributed by atoms with van der Waals surface area (Å²) in [4.78, 5) is 21.6. The monoisotopic (exact) mass is 216 g/mol. The molecule has 0 saturated heterocycles. The van der Waals surface area contributed by atoms with Gasteiger partial charge in [-0.25, -0.2) is 9.59 Å². The van der Waals surface area contributed by atoms with Gasteiger partial charge in [0.15, 0.2) is 0 Å². The SMILES string of the molecule is CCCCCCC(C)(NC(N)=O)C(=O)O. The van der Waals surface area contributed by atoms with E-state index in [-0.39, 0.29) is 0 Å². The summed E-state index contributed by atoms with van der Waals surface area (Å²) in [7, 11) is 0. The van der Waals surface area contributed by atoms with Crippen molar-refractivity contribution in [3.8, 4) is 0 Å². The zero-order valence-electron chi connectivity index (χ0n) is 9.38. The van der Waals surface area contributed by atoms with E-state index in [0.717, 1.165) is 25.7 Å². The summed E-state index contributed by atoms with van der Waals surface area (Å²) in [5, 5.41) is 11.2. The van der Waals surface area contributed by atoms with Crippen molar-refractivity contribution in [1.29, 1.82) is 0 Å². The average molecular weight is 216 g/mol. The van der Waals surface area contributed by atoms with Crippen LogP contribution in [0.15, 0.2) is 0 Å². The molecule has 0 fully saturated rings.